The number of rotatable bonds is 4. The summed E-state index contributed by atoms with van der Waals surface area (Å²) in [4.78, 5) is 3.24. The molecule has 0 amide bonds. The molecule has 106 valence electrons. The molecule has 0 atom stereocenters. The molecular formula is C13H13BrClN3OS. The van der Waals surface area contributed by atoms with Crippen LogP contribution in [0.25, 0.3) is 0 Å². The van der Waals surface area contributed by atoms with Gasteiger partial charge in [0.1, 0.15) is 0 Å². The molecule has 4 nitrogen and oxygen atoms in total. The SMILES string of the molecule is CN(Cc1cc(Br)cs1)c1ccc(Cl)cc1C(N)=NO. The molecule has 0 bridgehead atoms. The number of thiophene rings is 1. The van der Waals surface area contributed by atoms with E-state index in [1.54, 1.807) is 23.5 Å². The minimum absolute atomic E-state index is 0.0433. The molecule has 7 heteroatoms. The highest BCUT2D eigenvalue weighted by Crippen LogP contribution is 2.27. The first-order valence-electron chi connectivity index (χ1n) is 5.72. The average Bonchev–Trinajstić information content (AvgIpc) is 2.82. The van der Waals surface area contributed by atoms with Gasteiger partial charge in [-0.05, 0) is 40.2 Å². The smallest absolute Gasteiger partial charge is 0.172 e. The standard InChI is InChI=1S/C13H13BrClN3OS/c1-18(6-10-4-8(14)7-20-10)12-3-2-9(15)5-11(12)13(16)17-19/h2-5,7,19H,6H2,1H3,(H2,16,17). The van der Waals surface area contributed by atoms with Crippen LogP contribution in [0.15, 0.2) is 39.3 Å². The zero-order valence-electron chi connectivity index (χ0n) is 10.7. The van der Waals surface area contributed by atoms with Gasteiger partial charge in [0.2, 0.25) is 0 Å². The van der Waals surface area contributed by atoms with Crippen molar-refractivity contribution in [3.8, 4) is 0 Å². The molecule has 0 fully saturated rings. The summed E-state index contributed by atoms with van der Waals surface area (Å²) in [5.41, 5.74) is 7.17. The Labute approximate surface area is 134 Å². The van der Waals surface area contributed by atoms with Gasteiger partial charge in [-0.15, -0.1) is 11.3 Å². The van der Waals surface area contributed by atoms with Crippen molar-refractivity contribution in [2.45, 2.75) is 6.54 Å². The van der Waals surface area contributed by atoms with E-state index in [1.807, 2.05) is 23.4 Å². The van der Waals surface area contributed by atoms with Crippen LogP contribution >= 0.6 is 38.9 Å². The maximum Gasteiger partial charge on any atom is 0.172 e. The third-order valence-electron chi connectivity index (χ3n) is 2.77. The van der Waals surface area contributed by atoms with Gasteiger partial charge in [0.25, 0.3) is 0 Å². The lowest BCUT2D eigenvalue weighted by Crippen LogP contribution is -2.22. The van der Waals surface area contributed by atoms with Gasteiger partial charge in [-0.2, -0.15) is 0 Å². The first-order valence-corrected chi connectivity index (χ1v) is 7.78. The summed E-state index contributed by atoms with van der Waals surface area (Å²) in [6.45, 7) is 0.726. The summed E-state index contributed by atoms with van der Waals surface area (Å²) < 4.78 is 1.07. The van der Waals surface area contributed by atoms with Crippen molar-refractivity contribution < 1.29 is 5.21 Å². The molecule has 2 rings (SSSR count). The van der Waals surface area contributed by atoms with Crippen molar-refractivity contribution in [2.24, 2.45) is 10.9 Å². The molecule has 0 radical (unpaired) electrons. The molecule has 20 heavy (non-hydrogen) atoms. The van der Waals surface area contributed by atoms with Gasteiger partial charge in [0.15, 0.2) is 5.84 Å². The monoisotopic (exact) mass is 373 g/mol. The van der Waals surface area contributed by atoms with E-state index in [-0.39, 0.29) is 5.84 Å². The Morgan fingerprint density at radius 2 is 2.25 bits per heavy atom. The molecule has 0 aliphatic carbocycles. The number of nitrogens with zero attached hydrogens (tertiary/aromatic N) is 2. The summed E-state index contributed by atoms with van der Waals surface area (Å²) in [5.74, 6) is 0.0433. The van der Waals surface area contributed by atoms with Crippen LogP contribution in [0.3, 0.4) is 0 Å². The molecule has 1 aromatic carbocycles. The lowest BCUT2D eigenvalue weighted by atomic mass is 10.1. The van der Waals surface area contributed by atoms with E-state index in [0.717, 1.165) is 16.7 Å². The minimum atomic E-state index is 0.0433. The zero-order valence-corrected chi connectivity index (χ0v) is 13.8. The number of nitrogens with two attached hydrogens (primary N) is 1. The fraction of sp³-hybridized carbons (Fsp3) is 0.154. The summed E-state index contributed by atoms with van der Waals surface area (Å²) in [7, 11) is 1.95. The molecular weight excluding hydrogens is 362 g/mol. The third-order valence-corrected chi connectivity index (χ3v) is 4.69. The van der Waals surface area contributed by atoms with E-state index >= 15 is 0 Å². The number of anilines is 1. The second-order valence-electron chi connectivity index (χ2n) is 4.23. The quantitative estimate of drug-likeness (QED) is 0.369. The van der Waals surface area contributed by atoms with Gasteiger partial charge in [0.05, 0.1) is 6.54 Å². The van der Waals surface area contributed by atoms with E-state index in [0.29, 0.717) is 10.6 Å². The van der Waals surface area contributed by atoms with Crippen LogP contribution in [-0.2, 0) is 6.54 Å². The van der Waals surface area contributed by atoms with Gasteiger partial charge in [-0.3, -0.25) is 0 Å². The van der Waals surface area contributed by atoms with E-state index in [9.17, 15) is 0 Å². The van der Waals surface area contributed by atoms with Gasteiger partial charge in [0, 0.05) is 38.1 Å². The lowest BCUT2D eigenvalue weighted by Gasteiger charge is -2.21. The first kappa shape index (κ1) is 15.2. The predicted octanol–water partition coefficient (Wildman–Crippen LogP) is 3.89. The third kappa shape index (κ3) is 3.45. The Balaban J connectivity index is 2.31. The number of halogens is 2. The van der Waals surface area contributed by atoms with Crippen LogP contribution in [0.1, 0.15) is 10.4 Å². The average molecular weight is 375 g/mol. The van der Waals surface area contributed by atoms with Gasteiger partial charge in [-0.1, -0.05) is 16.8 Å². The Morgan fingerprint density at radius 1 is 1.50 bits per heavy atom. The van der Waals surface area contributed by atoms with E-state index in [2.05, 4.69) is 27.2 Å². The van der Waals surface area contributed by atoms with Crippen molar-refractivity contribution in [2.75, 3.05) is 11.9 Å². The second-order valence-corrected chi connectivity index (χ2v) is 6.58. The lowest BCUT2D eigenvalue weighted by molar-refractivity contribution is 0.318. The molecule has 0 unspecified atom stereocenters. The van der Waals surface area contributed by atoms with Crippen LogP contribution in [0.4, 0.5) is 5.69 Å². The molecule has 2 aromatic rings. The Bertz CT molecular complexity index is 644. The van der Waals surface area contributed by atoms with Gasteiger partial charge >= 0.3 is 0 Å². The predicted molar refractivity (Wildman–Crippen MR) is 88.1 cm³/mol. The Hall–Kier alpha value is -1.24. The summed E-state index contributed by atoms with van der Waals surface area (Å²) >= 11 is 11.1. The highest BCUT2D eigenvalue weighted by Gasteiger charge is 2.13. The summed E-state index contributed by atoms with van der Waals surface area (Å²) in [6.07, 6.45) is 0. The maximum atomic E-state index is 8.88. The normalized spacial score (nSPS) is 11.7. The summed E-state index contributed by atoms with van der Waals surface area (Å²) in [6, 6.07) is 7.40. The molecule has 0 aliphatic heterocycles. The summed E-state index contributed by atoms with van der Waals surface area (Å²) in [5, 5.41) is 14.5. The minimum Gasteiger partial charge on any atom is -0.409 e. The van der Waals surface area contributed by atoms with Crippen LogP contribution in [-0.4, -0.2) is 18.1 Å². The Morgan fingerprint density at radius 3 is 2.85 bits per heavy atom. The maximum absolute atomic E-state index is 8.88. The zero-order chi connectivity index (χ0) is 14.7. The van der Waals surface area contributed by atoms with Crippen molar-refractivity contribution in [1.29, 1.82) is 0 Å². The number of oxime groups is 1. The van der Waals surface area contributed by atoms with E-state index in [1.165, 1.54) is 4.88 Å². The van der Waals surface area contributed by atoms with Crippen LogP contribution in [0.5, 0.6) is 0 Å². The molecule has 1 heterocycles. The highest BCUT2D eigenvalue weighted by molar-refractivity contribution is 9.10. The number of hydrogen-bond acceptors (Lipinski definition) is 4. The number of benzene rings is 1. The van der Waals surface area contributed by atoms with Crippen LogP contribution < -0.4 is 10.6 Å². The van der Waals surface area contributed by atoms with Gasteiger partial charge < -0.3 is 15.8 Å². The topological polar surface area (TPSA) is 61.8 Å². The van der Waals surface area contributed by atoms with Crippen molar-refractivity contribution in [1.82, 2.24) is 0 Å². The molecule has 0 aliphatic rings. The van der Waals surface area contributed by atoms with Crippen LogP contribution in [0.2, 0.25) is 5.02 Å². The van der Waals surface area contributed by atoms with Crippen LogP contribution in [0, 0.1) is 0 Å². The highest BCUT2D eigenvalue weighted by atomic mass is 79.9. The van der Waals surface area contributed by atoms with Crippen molar-refractivity contribution >= 4 is 50.4 Å². The molecule has 0 saturated carbocycles. The fourth-order valence-corrected chi connectivity index (χ4v) is 3.53. The molecule has 1 aromatic heterocycles. The fourth-order valence-electron chi connectivity index (χ4n) is 1.86. The Kier molecular flexibility index (Phi) is 4.91. The first-order chi connectivity index (χ1) is 9.51. The molecule has 0 saturated heterocycles. The van der Waals surface area contributed by atoms with Crippen molar-refractivity contribution in [3.63, 3.8) is 0 Å². The van der Waals surface area contributed by atoms with E-state index < -0.39 is 0 Å². The van der Waals surface area contributed by atoms with Crippen molar-refractivity contribution in [3.05, 3.63) is 49.6 Å². The molecule has 0 spiro atoms. The van der Waals surface area contributed by atoms with Gasteiger partial charge in [-0.25, -0.2) is 0 Å². The molecule has 3 N–H and O–H groups in total. The number of hydrogen-bond donors (Lipinski definition) is 2. The largest absolute Gasteiger partial charge is 0.409 e. The number of amidine groups is 1. The van der Waals surface area contributed by atoms with E-state index in [4.69, 9.17) is 22.5 Å². The second kappa shape index (κ2) is 6.47.